The summed E-state index contributed by atoms with van der Waals surface area (Å²) >= 11 is 0. The van der Waals surface area contributed by atoms with Gasteiger partial charge in [0, 0.05) is 35.6 Å². The van der Waals surface area contributed by atoms with Crippen LogP contribution in [0.3, 0.4) is 0 Å². The maximum Gasteiger partial charge on any atom is 0.303 e. The predicted octanol–water partition coefficient (Wildman–Crippen LogP) is 2.51. The Morgan fingerprint density at radius 3 is 2.83 bits per heavy atom. The number of carbonyl (C=O) groups excluding carboxylic acids is 1. The quantitative estimate of drug-likeness (QED) is 0.814. The van der Waals surface area contributed by atoms with E-state index in [1.807, 2.05) is 37.4 Å². The molecule has 0 aliphatic carbocycles. The number of aromatic amines is 1. The van der Waals surface area contributed by atoms with Gasteiger partial charge in [0.25, 0.3) is 0 Å². The lowest BCUT2D eigenvalue weighted by molar-refractivity contribution is -0.147. The largest absolute Gasteiger partial charge is 0.456 e. The molecule has 1 heterocycles. The van der Waals surface area contributed by atoms with Crippen molar-refractivity contribution in [2.75, 3.05) is 0 Å². The summed E-state index contributed by atoms with van der Waals surface area (Å²) < 4.78 is 5.37. The van der Waals surface area contributed by atoms with Gasteiger partial charge in [0.2, 0.25) is 0 Å². The van der Waals surface area contributed by atoms with E-state index in [2.05, 4.69) is 4.98 Å². The zero-order valence-corrected chi connectivity index (χ0v) is 10.6. The van der Waals surface area contributed by atoms with Crippen molar-refractivity contribution >= 4 is 16.9 Å². The molecule has 4 nitrogen and oxygen atoms in total. The van der Waals surface area contributed by atoms with Crippen LogP contribution in [0, 0.1) is 0 Å². The molecule has 0 bridgehead atoms. The van der Waals surface area contributed by atoms with Crippen molar-refractivity contribution in [1.82, 2.24) is 4.98 Å². The first kappa shape index (κ1) is 12.6. The van der Waals surface area contributed by atoms with E-state index in [9.17, 15) is 4.79 Å². The summed E-state index contributed by atoms with van der Waals surface area (Å²) in [5, 5.41) is 1.05. The van der Waals surface area contributed by atoms with Gasteiger partial charge in [-0.15, -0.1) is 0 Å². The lowest BCUT2D eigenvalue weighted by Crippen LogP contribution is -2.30. The molecular weight excluding hydrogens is 228 g/mol. The van der Waals surface area contributed by atoms with Gasteiger partial charge in [0.05, 0.1) is 0 Å². The zero-order chi connectivity index (χ0) is 13.1. The molecule has 96 valence electrons. The van der Waals surface area contributed by atoms with Crippen molar-refractivity contribution in [3.8, 4) is 0 Å². The highest BCUT2D eigenvalue weighted by Gasteiger charge is 2.24. The Morgan fingerprint density at radius 2 is 2.17 bits per heavy atom. The van der Waals surface area contributed by atoms with E-state index >= 15 is 0 Å². The minimum atomic E-state index is -0.399. The smallest absolute Gasteiger partial charge is 0.303 e. The second-order valence-electron chi connectivity index (χ2n) is 4.39. The van der Waals surface area contributed by atoms with Crippen molar-refractivity contribution in [2.45, 2.75) is 32.4 Å². The molecule has 0 radical (unpaired) electrons. The minimum Gasteiger partial charge on any atom is -0.456 e. The van der Waals surface area contributed by atoms with Crippen LogP contribution in [-0.2, 0) is 9.53 Å². The van der Waals surface area contributed by atoms with Crippen molar-refractivity contribution in [1.29, 1.82) is 0 Å². The van der Waals surface area contributed by atoms with Crippen LogP contribution in [0.5, 0.6) is 0 Å². The van der Waals surface area contributed by atoms with Crippen molar-refractivity contribution in [3.05, 3.63) is 36.0 Å². The van der Waals surface area contributed by atoms with Gasteiger partial charge >= 0.3 is 5.97 Å². The second-order valence-corrected chi connectivity index (χ2v) is 4.39. The van der Waals surface area contributed by atoms with Gasteiger partial charge in [-0.1, -0.05) is 25.1 Å². The highest BCUT2D eigenvalue weighted by Crippen LogP contribution is 2.29. The van der Waals surface area contributed by atoms with E-state index in [0.717, 1.165) is 22.9 Å². The van der Waals surface area contributed by atoms with Gasteiger partial charge in [0.15, 0.2) is 0 Å². The maximum absolute atomic E-state index is 11.2. The highest BCUT2D eigenvalue weighted by atomic mass is 16.5. The van der Waals surface area contributed by atoms with E-state index in [0.29, 0.717) is 0 Å². The number of esters is 1. The molecule has 0 aliphatic heterocycles. The van der Waals surface area contributed by atoms with Gasteiger partial charge < -0.3 is 15.5 Å². The van der Waals surface area contributed by atoms with Crippen LogP contribution in [0.1, 0.15) is 31.9 Å². The monoisotopic (exact) mass is 246 g/mol. The third-order valence-electron chi connectivity index (χ3n) is 3.08. The number of hydrogen-bond acceptors (Lipinski definition) is 3. The Hall–Kier alpha value is -1.81. The number of nitrogens with two attached hydrogens (primary N) is 1. The molecule has 1 aromatic carbocycles. The average Bonchev–Trinajstić information content (AvgIpc) is 2.78. The van der Waals surface area contributed by atoms with E-state index in [4.69, 9.17) is 10.5 Å². The van der Waals surface area contributed by atoms with Gasteiger partial charge in [-0.05, 0) is 12.5 Å². The molecule has 1 unspecified atom stereocenters. The molecule has 2 atom stereocenters. The van der Waals surface area contributed by atoms with Gasteiger partial charge in [-0.25, -0.2) is 0 Å². The Balaban J connectivity index is 2.43. The fourth-order valence-corrected chi connectivity index (χ4v) is 2.10. The number of para-hydroxylation sites is 1. The van der Waals surface area contributed by atoms with Crippen LogP contribution >= 0.6 is 0 Å². The number of benzene rings is 1. The lowest BCUT2D eigenvalue weighted by atomic mass is 10.0. The summed E-state index contributed by atoms with van der Waals surface area (Å²) in [6.45, 7) is 3.39. The second kappa shape index (κ2) is 5.23. The zero-order valence-electron chi connectivity index (χ0n) is 10.6. The Morgan fingerprint density at radius 1 is 1.44 bits per heavy atom. The Labute approximate surface area is 106 Å². The number of rotatable bonds is 4. The SMILES string of the molecule is CC[C@@H](N)C(OC(C)=O)c1c[nH]c2ccccc12. The summed E-state index contributed by atoms with van der Waals surface area (Å²) in [5.41, 5.74) is 8.02. The molecule has 2 rings (SSSR count). The summed E-state index contributed by atoms with van der Waals surface area (Å²) in [7, 11) is 0. The molecule has 0 amide bonds. The molecule has 0 aliphatic rings. The van der Waals surface area contributed by atoms with E-state index in [1.165, 1.54) is 6.92 Å². The van der Waals surface area contributed by atoms with Crippen molar-refractivity contribution in [3.63, 3.8) is 0 Å². The number of ether oxygens (including phenoxy) is 1. The van der Waals surface area contributed by atoms with Crippen LogP contribution in [-0.4, -0.2) is 17.0 Å². The van der Waals surface area contributed by atoms with Crippen molar-refractivity contribution < 1.29 is 9.53 Å². The molecule has 3 N–H and O–H groups in total. The molecule has 2 aromatic rings. The summed E-state index contributed by atoms with van der Waals surface area (Å²) in [5.74, 6) is -0.311. The number of carbonyl (C=O) groups is 1. The molecule has 18 heavy (non-hydrogen) atoms. The fraction of sp³-hybridized carbons (Fsp3) is 0.357. The number of H-pyrrole nitrogens is 1. The van der Waals surface area contributed by atoms with Crippen LogP contribution in [0.2, 0.25) is 0 Å². The third-order valence-corrected chi connectivity index (χ3v) is 3.08. The van der Waals surface area contributed by atoms with E-state index in [1.54, 1.807) is 0 Å². The minimum absolute atomic E-state index is 0.201. The van der Waals surface area contributed by atoms with Crippen LogP contribution < -0.4 is 5.73 Å². The number of nitrogens with one attached hydrogen (secondary N) is 1. The highest BCUT2D eigenvalue weighted by molar-refractivity contribution is 5.83. The molecule has 1 aromatic heterocycles. The number of aromatic nitrogens is 1. The normalized spacial score (nSPS) is 14.4. The maximum atomic E-state index is 11.2. The first-order valence-electron chi connectivity index (χ1n) is 6.12. The van der Waals surface area contributed by atoms with Crippen LogP contribution in [0.15, 0.2) is 30.5 Å². The van der Waals surface area contributed by atoms with Crippen LogP contribution in [0.25, 0.3) is 10.9 Å². The van der Waals surface area contributed by atoms with E-state index < -0.39 is 6.10 Å². The predicted molar refractivity (Wildman–Crippen MR) is 71.1 cm³/mol. The Bertz CT molecular complexity index is 547. The molecule has 0 saturated carbocycles. The number of hydrogen-bond donors (Lipinski definition) is 2. The Kier molecular flexibility index (Phi) is 3.67. The topological polar surface area (TPSA) is 68.1 Å². The van der Waals surface area contributed by atoms with Crippen molar-refractivity contribution in [2.24, 2.45) is 5.73 Å². The third kappa shape index (κ3) is 2.38. The van der Waals surface area contributed by atoms with Crippen LogP contribution in [0.4, 0.5) is 0 Å². The van der Waals surface area contributed by atoms with E-state index in [-0.39, 0.29) is 12.0 Å². The first-order valence-corrected chi connectivity index (χ1v) is 6.12. The van der Waals surface area contributed by atoms with Gasteiger partial charge in [0.1, 0.15) is 6.10 Å². The molecule has 4 heteroatoms. The number of fused-ring (bicyclic) bond motifs is 1. The average molecular weight is 246 g/mol. The fourth-order valence-electron chi connectivity index (χ4n) is 2.10. The first-order chi connectivity index (χ1) is 8.63. The molecule has 0 saturated heterocycles. The summed E-state index contributed by atoms with van der Waals surface area (Å²) in [6, 6.07) is 7.71. The van der Waals surface area contributed by atoms with Gasteiger partial charge in [-0.2, -0.15) is 0 Å². The summed E-state index contributed by atoms with van der Waals surface area (Å²) in [6.07, 6.45) is 2.22. The molecular formula is C14H18N2O2. The lowest BCUT2D eigenvalue weighted by Gasteiger charge is -2.22. The molecule has 0 fully saturated rings. The van der Waals surface area contributed by atoms with Gasteiger partial charge in [-0.3, -0.25) is 4.79 Å². The molecule has 0 spiro atoms. The summed E-state index contributed by atoms with van der Waals surface area (Å²) in [4.78, 5) is 14.4. The standard InChI is InChI=1S/C14H18N2O2/c1-3-12(15)14(18-9(2)17)11-8-16-13-7-5-4-6-10(11)13/h4-8,12,14,16H,3,15H2,1-2H3/t12-,14?/m1/s1.